The van der Waals surface area contributed by atoms with E-state index in [1.54, 1.807) is 0 Å². The Labute approximate surface area is 115 Å². The number of ether oxygens (including phenoxy) is 1. The van der Waals surface area contributed by atoms with Crippen LogP contribution in [0, 0.1) is 6.92 Å². The molecule has 1 fully saturated rings. The highest BCUT2D eigenvalue weighted by Gasteiger charge is 2.24. The first-order valence-corrected chi connectivity index (χ1v) is 7.18. The Balaban J connectivity index is 1.99. The molecule has 1 aromatic carbocycles. The van der Waals surface area contributed by atoms with E-state index in [0.717, 1.165) is 50.1 Å². The summed E-state index contributed by atoms with van der Waals surface area (Å²) in [5.74, 6) is 0.133. The molecule has 0 unspecified atom stereocenters. The predicted molar refractivity (Wildman–Crippen MR) is 76.3 cm³/mol. The Kier molecular flexibility index (Phi) is 4.97. The minimum atomic E-state index is 0.133. The molecule has 1 heterocycles. The van der Waals surface area contributed by atoms with Crippen molar-refractivity contribution in [1.82, 2.24) is 4.90 Å². The second-order valence-corrected chi connectivity index (χ2v) is 5.26. The Morgan fingerprint density at radius 2 is 2.32 bits per heavy atom. The van der Waals surface area contributed by atoms with Gasteiger partial charge in [0.2, 0.25) is 0 Å². The Morgan fingerprint density at radius 3 is 3.05 bits per heavy atom. The van der Waals surface area contributed by atoms with E-state index in [0.29, 0.717) is 0 Å². The van der Waals surface area contributed by atoms with Crippen LogP contribution in [0.25, 0.3) is 0 Å². The third-order valence-electron chi connectivity index (χ3n) is 3.49. The lowest BCUT2D eigenvalue weighted by Gasteiger charge is -2.32. The zero-order valence-electron chi connectivity index (χ0n) is 11.9. The van der Waals surface area contributed by atoms with Crippen LogP contribution in [0.5, 0.6) is 0 Å². The Hall–Kier alpha value is -1.35. The van der Waals surface area contributed by atoms with Crippen LogP contribution in [0.1, 0.15) is 42.1 Å². The van der Waals surface area contributed by atoms with E-state index < -0.39 is 0 Å². The van der Waals surface area contributed by atoms with Crippen LogP contribution in [0.15, 0.2) is 24.3 Å². The highest BCUT2D eigenvalue weighted by molar-refractivity contribution is 5.94. The normalized spacial score (nSPS) is 19.5. The van der Waals surface area contributed by atoms with Crippen molar-refractivity contribution in [1.29, 1.82) is 0 Å². The fourth-order valence-electron chi connectivity index (χ4n) is 2.50. The number of likely N-dealkylation sites (tertiary alicyclic amines) is 1. The third kappa shape index (κ3) is 3.80. The van der Waals surface area contributed by atoms with Crippen LogP contribution in [0.2, 0.25) is 0 Å². The molecule has 1 atom stereocenters. The minimum Gasteiger partial charge on any atom is -0.376 e. The van der Waals surface area contributed by atoms with Crippen molar-refractivity contribution in [2.24, 2.45) is 0 Å². The third-order valence-corrected chi connectivity index (χ3v) is 3.49. The van der Waals surface area contributed by atoms with Gasteiger partial charge in [-0.15, -0.1) is 0 Å². The molecule has 0 aliphatic carbocycles. The van der Waals surface area contributed by atoms with E-state index in [2.05, 4.69) is 6.92 Å². The lowest BCUT2D eigenvalue weighted by atomic mass is 10.1. The summed E-state index contributed by atoms with van der Waals surface area (Å²) in [6.07, 6.45) is 3.34. The summed E-state index contributed by atoms with van der Waals surface area (Å²) in [6.45, 7) is 6.49. The summed E-state index contributed by atoms with van der Waals surface area (Å²) in [6, 6.07) is 7.81. The summed E-state index contributed by atoms with van der Waals surface area (Å²) < 4.78 is 5.78. The molecular weight excluding hydrogens is 238 g/mol. The molecule has 0 bridgehead atoms. The SMILES string of the molecule is CCCO[C@H]1CCCN(C(=O)c2cccc(C)c2)C1. The molecular formula is C16H23NO2. The van der Waals surface area contributed by atoms with E-state index in [1.165, 1.54) is 0 Å². The zero-order valence-corrected chi connectivity index (χ0v) is 11.9. The van der Waals surface area contributed by atoms with Crippen LogP contribution >= 0.6 is 0 Å². The van der Waals surface area contributed by atoms with Crippen molar-refractivity contribution in [3.63, 3.8) is 0 Å². The first kappa shape index (κ1) is 14.1. The molecule has 0 N–H and O–H groups in total. The van der Waals surface area contributed by atoms with Gasteiger partial charge in [0, 0.05) is 25.3 Å². The van der Waals surface area contributed by atoms with Gasteiger partial charge in [0.15, 0.2) is 0 Å². The molecule has 3 nitrogen and oxygen atoms in total. The van der Waals surface area contributed by atoms with Crippen molar-refractivity contribution in [2.45, 2.75) is 39.2 Å². The topological polar surface area (TPSA) is 29.5 Å². The average molecular weight is 261 g/mol. The molecule has 104 valence electrons. The number of aryl methyl sites for hydroxylation is 1. The molecule has 19 heavy (non-hydrogen) atoms. The number of hydrogen-bond acceptors (Lipinski definition) is 2. The van der Waals surface area contributed by atoms with Gasteiger partial charge in [-0.25, -0.2) is 0 Å². The number of amides is 1. The van der Waals surface area contributed by atoms with Crippen LogP contribution in [-0.2, 0) is 4.74 Å². The van der Waals surface area contributed by atoms with Crippen molar-refractivity contribution in [3.8, 4) is 0 Å². The maximum Gasteiger partial charge on any atom is 0.253 e. The molecule has 0 aromatic heterocycles. The van der Waals surface area contributed by atoms with E-state index in [1.807, 2.05) is 36.1 Å². The first-order chi connectivity index (χ1) is 9.20. The van der Waals surface area contributed by atoms with Gasteiger partial charge < -0.3 is 9.64 Å². The molecule has 1 aliphatic heterocycles. The van der Waals surface area contributed by atoms with Gasteiger partial charge in [0.05, 0.1) is 6.10 Å². The number of nitrogens with zero attached hydrogens (tertiary/aromatic N) is 1. The van der Waals surface area contributed by atoms with E-state index in [-0.39, 0.29) is 12.0 Å². The lowest BCUT2D eigenvalue weighted by molar-refractivity contribution is 0.00211. The monoisotopic (exact) mass is 261 g/mol. The number of hydrogen-bond donors (Lipinski definition) is 0. The van der Waals surface area contributed by atoms with E-state index in [9.17, 15) is 4.79 Å². The maximum atomic E-state index is 12.4. The summed E-state index contributed by atoms with van der Waals surface area (Å²) in [5, 5.41) is 0. The quantitative estimate of drug-likeness (QED) is 0.833. The number of rotatable bonds is 4. The number of benzene rings is 1. The first-order valence-electron chi connectivity index (χ1n) is 7.18. The fraction of sp³-hybridized carbons (Fsp3) is 0.562. The standard InChI is InChI=1S/C16H23NO2/c1-3-10-19-15-8-5-9-17(12-15)16(18)14-7-4-6-13(2)11-14/h4,6-7,11,15H,3,5,8-10,12H2,1-2H3/t15-/m0/s1. The molecule has 0 radical (unpaired) electrons. The maximum absolute atomic E-state index is 12.4. The van der Waals surface area contributed by atoms with Gasteiger partial charge in [0.25, 0.3) is 5.91 Å². The number of piperidine rings is 1. The van der Waals surface area contributed by atoms with Gasteiger partial charge in [-0.05, 0) is 38.3 Å². The highest BCUT2D eigenvalue weighted by atomic mass is 16.5. The van der Waals surface area contributed by atoms with Gasteiger partial charge in [-0.1, -0.05) is 24.6 Å². The molecule has 2 rings (SSSR count). The largest absolute Gasteiger partial charge is 0.376 e. The number of carbonyl (C=O) groups is 1. The molecule has 1 amide bonds. The summed E-state index contributed by atoms with van der Waals surface area (Å²) in [4.78, 5) is 14.4. The Bertz CT molecular complexity index is 431. The fourth-order valence-corrected chi connectivity index (χ4v) is 2.50. The summed E-state index contributed by atoms with van der Waals surface area (Å²) in [5.41, 5.74) is 1.91. The van der Waals surface area contributed by atoms with Crippen molar-refractivity contribution in [3.05, 3.63) is 35.4 Å². The van der Waals surface area contributed by atoms with Gasteiger partial charge in [-0.2, -0.15) is 0 Å². The van der Waals surface area contributed by atoms with E-state index >= 15 is 0 Å². The van der Waals surface area contributed by atoms with Crippen LogP contribution in [0.4, 0.5) is 0 Å². The van der Waals surface area contributed by atoms with Gasteiger partial charge >= 0.3 is 0 Å². The molecule has 1 aromatic rings. The van der Waals surface area contributed by atoms with Crippen molar-refractivity contribution >= 4 is 5.91 Å². The average Bonchev–Trinajstić information content (AvgIpc) is 2.44. The number of carbonyl (C=O) groups excluding carboxylic acids is 1. The molecule has 0 saturated carbocycles. The summed E-state index contributed by atoms with van der Waals surface area (Å²) in [7, 11) is 0. The van der Waals surface area contributed by atoms with Crippen molar-refractivity contribution < 1.29 is 9.53 Å². The van der Waals surface area contributed by atoms with Crippen LogP contribution in [0.3, 0.4) is 0 Å². The molecule has 1 saturated heterocycles. The zero-order chi connectivity index (χ0) is 13.7. The van der Waals surface area contributed by atoms with Gasteiger partial charge in [-0.3, -0.25) is 4.79 Å². The molecule has 3 heteroatoms. The highest BCUT2D eigenvalue weighted by Crippen LogP contribution is 2.17. The predicted octanol–water partition coefficient (Wildman–Crippen LogP) is 3.03. The summed E-state index contributed by atoms with van der Waals surface area (Å²) >= 11 is 0. The molecule has 0 spiro atoms. The van der Waals surface area contributed by atoms with Crippen LogP contribution < -0.4 is 0 Å². The van der Waals surface area contributed by atoms with E-state index in [4.69, 9.17) is 4.74 Å². The van der Waals surface area contributed by atoms with Crippen LogP contribution in [-0.4, -0.2) is 36.6 Å². The van der Waals surface area contributed by atoms with Gasteiger partial charge in [0.1, 0.15) is 0 Å². The Morgan fingerprint density at radius 1 is 1.47 bits per heavy atom. The lowest BCUT2D eigenvalue weighted by Crippen LogP contribution is -2.43. The molecule has 1 aliphatic rings. The van der Waals surface area contributed by atoms with Crippen molar-refractivity contribution in [2.75, 3.05) is 19.7 Å². The second-order valence-electron chi connectivity index (χ2n) is 5.26. The smallest absolute Gasteiger partial charge is 0.253 e. The second kappa shape index (κ2) is 6.71. The minimum absolute atomic E-state index is 0.133.